The molecule has 1 aromatic heterocycles. The van der Waals surface area contributed by atoms with E-state index < -0.39 is 24.1 Å². The molecule has 0 aliphatic rings. The molecule has 0 aliphatic carbocycles. The molecule has 0 aliphatic heterocycles. The van der Waals surface area contributed by atoms with Crippen molar-refractivity contribution in [1.82, 2.24) is 4.98 Å². The van der Waals surface area contributed by atoms with Gasteiger partial charge in [0.1, 0.15) is 5.15 Å². The quantitative estimate of drug-likeness (QED) is 0.199. The van der Waals surface area contributed by atoms with Crippen molar-refractivity contribution in [3.63, 3.8) is 0 Å². The SMILES string of the molecule is COC(=O)C(C)(Cc1ccc(Cl)nc1)C(=O)OCN=[N+]=[N-]. The summed E-state index contributed by atoms with van der Waals surface area (Å²) >= 11 is 5.68. The summed E-state index contributed by atoms with van der Waals surface area (Å²) in [6.07, 6.45) is 1.46. The van der Waals surface area contributed by atoms with Gasteiger partial charge in [-0.25, -0.2) is 4.98 Å². The van der Waals surface area contributed by atoms with E-state index in [9.17, 15) is 9.59 Å². The Morgan fingerprint density at radius 1 is 1.48 bits per heavy atom. The molecule has 0 N–H and O–H groups in total. The van der Waals surface area contributed by atoms with Crippen molar-refractivity contribution < 1.29 is 19.1 Å². The Kier molecular flexibility index (Phi) is 5.95. The average Bonchev–Trinajstić information content (AvgIpc) is 2.48. The van der Waals surface area contributed by atoms with Gasteiger partial charge in [-0.15, -0.1) is 0 Å². The predicted octanol–water partition coefficient (Wildman–Crippen LogP) is 2.27. The smallest absolute Gasteiger partial charge is 0.323 e. The van der Waals surface area contributed by atoms with Crippen molar-refractivity contribution in [3.8, 4) is 0 Å². The van der Waals surface area contributed by atoms with Crippen LogP contribution in [0.5, 0.6) is 0 Å². The van der Waals surface area contributed by atoms with Gasteiger partial charge in [-0.05, 0) is 24.1 Å². The molecule has 0 saturated carbocycles. The van der Waals surface area contributed by atoms with E-state index in [-0.39, 0.29) is 6.42 Å². The number of carbonyl (C=O) groups is 2. The topological polar surface area (TPSA) is 114 Å². The Bertz CT molecular complexity index is 571. The van der Waals surface area contributed by atoms with Gasteiger partial charge in [0.25, 0.3) is 0 Å². The summed E-state index contributed by atoms with van der Waals surface area (Å²) in [5.74, 6) is -1.61. The number of hydrogen-bond acceptors (Lipinski definition) is 6. The van der Waals surface area contributed by atoms with E-state index in [0.717, 1.165) is 0 Å². The molecule has 0 spiro atoms. The van der Waals surface area contributed by atoms with Crippen LogP contribution in [-0.4, -0.2) is 30.8 Å². The second-order valence-corrected chi connectivity index (χ2v) is 4.67. The Hall–Kier alpha value is -2.31. The minimum Gasteiger partial charge on any atom is -0.468 e. The molecule has 8 nitrogen and oxygen atoms in total. The highest BCUT2D eigenvalue weighted by Crippen LogP contribution is 2.26. The van der Waals surface area contributed by atoms with Crippen molar-refractivity contribution in [2.45, 2.75) is 13.3 Å². The maximum atomic E-state index is 12.1. The predicted molar refractivity (Wildman–Crippen MR) is 73.2 cm³/mol. The van der Waals surface area contributed by atoms with Crippen molar-refractivity contribution >= 4 is 23.5 Å². The van der Waals surface area contributed by atoms with E-state index in [1.165, 1.54) is 20.2 Å². The molecular weight excluding hydrogens is 300 g/mol. The second kappa shape index (κ2) is 7.47. The zero-order valence-electron chi connectivity index (χ0n) is 11.4. The second-order valence-electron chi connectivity index (χ2n) is 4.28. The monoisotopic (exact) mass is 312 g/mol. The molecule has 0 aromatic carbocycles. The largest absolute Gasteiger partial charge is 0.468 e. The van der Waals surface area contributed by atoms with Gasteiger partial charge in [0.2, 0.25) is 0 Å². The van der Waals surface area contributed by atoms with E-state index in [1.807, 2.05) is 0 Å². The van der Waals surface area contributed by atoms with Gasteiger partial charge in [-0.1, -0.05) is 22.8 Å². The number of aromatic nitrogens is 1. The summed E-state index contributed by atoms with van der Waals surface area (Å²) in [5.41, 5.74) is 7.18. The number of methoxy groups -OCH3 is 1. The first-order valence-electron chi connectivity index (χ1n) is 5.81. The van der Waals surface area contributed by atoms with E-state index in [0.29, 0.717) is 10.7 Å². The van der Waals surface area contributed by atoms with Gasteiger partial charge in [0.15, 0.2) is 12.1 Å². The summed E-state index contributed by atoms with van der Waals surface area (Å²) in [6, 6.07) is 3.18. The average molecular weight is 313 g/mol. The van der Waals surface area contributed by atoms with Crippen LogP contribution in [0.4, 0.5) is 0 Å². The summed E-state index contributed by atoms with van der Waals surface area (Å²) in [4.78, 5) is 30.3. The Morgan fingerprint density at radius 3 is 2.71 bits per heavy atom. The first-order valence-corrected chi connectivity index (χ1v) is 6.18. The number of esters is 2. The molecule has 1 aromatic rings. The number of carbonyl (C=O) groups excluding carboxylic acids is 2. The number of hydrogen-bond donors (Lipinski definition) is 0. The van der Waals surface area contributed by atoms with Crippen LogP contribution in [0.1, 0.15) is 12.5 Å². The standard InChI is InChI=1S/C12H13ClN4O4/c1-12(10(18)20-2,11(19)21-7-16-17-14)5-8-3-4-9(13)15-6-8/h3-4,6H,5,7H2,1-2H3. The fourth-order valence-corrected chi connectivity index (χ4v) is 1.76. The van der Waals surface area contributed by atoms with Crippen LogP contribution >= 0.6 is 11.6 Å². The maximum Gasteiger partial charge on any atom is 0.323 e. The lowest BCUT2D eigenvalue weighted by Gasteiger charge is -2.24. The third-order valence-electron chi connectivity index (χ3n) is 2.75. The van der Waals surface area contributed by atoms with Crippen LogP contribution in [0.15, 0.2) is 23.4 Å². The lowest BCUT2D eigenvalue weighted by Crippen LogP contribution is -2.41. The number of ether oxygens (including phenoxy) is 2. The van der Waals surface area contributed by atoms with Crippen molar-refractivity contribution in [2.24, 2.45) is 10.5 Å². The van der Waals surface area contributed by atoms with Crippen LogP contribution in [0.2, 0.25) is 5.15 Å². The number of nitrogens with zero attached hydrogens (tertiary/aromatic N) is 4. The molecule has 1 rings (SSSR count). The molecule has 0 bridgehead atoms. The Balaban J connectivity index is 2.97. The van der Waals surface area contributed by atoms with Gasteiger partial charge in [-0.2, -0.15) is 0 Å². The molecule has 1 unspecified atom stereocenters. The molecule has 0 saturated heterocycles. The molecule has 9 heteroatoms. The van der Waals surface area contributed by atoms with Crippen molar-refractivity contribution in [2.75, 3.05) is 13.8 Å². The van der Waals surface area contributed by atoms with Gasteiger partial charge in [-0.3, -0.25) is 9.59 Å². The Morgan fingerprint density at radius 2 is 2.19 bits per heavy atom. The molecule has 21 heavy (non-hydrogen) atoms. The van der Waals surface area contributed by atoms with Crippen molar-refractivity contribution in [3.05, 3.63) is 39.5 Å². The highest BCUT2D eigenvalue weighted by Gasteiger charge is 2.44. The summed E-state index contributed by atoms with van der Waals surface area (Å²) in [5, 5.41) is 3.38. The number of pyridine rings is 1. The van der Waals surface area contributed by atoms with E-state index in [2.05, 4.69) is 19.7 Å². The summed E-state index contributed by atoms with van der Waals surface area (Å²) < 4.78 is 9.41. The summed E-state index contributed by atoms with van der Waals surface area (Å²) in [6.45, 7) is 0.882. The molecule has 1 heterocycles. The van der Waals surface area contributed by atoms with Gasteiger partial charge >= 0.3 is 11.9 Å². The van der Waals surface area contributed by atoms with E-state index in [4.69, 9.17) is 21.9 Å². The van der Waals surface area contributed by atoms with Gasteiger partial charge in [0, 0.05) is 17.5 Å². The third kappa shape index (κ3) is 4.34. The fourth-order valence-electron chi connectivity index (χ4n) is 1.64. The maximum absolute atomic E-state index is 12.1. The molecular formula is C12H13ClN4O4. The van der Waals surface area contributed by atoms with Gasteiger partial charge < -0.3 is 9.47 Å². The Labute approximate surface area is 125 Å². The molecule has 0 radical (unpaired) electrons. The third-order valence-corrected chi connectivity index (χ3v) is 2.97. The lowest BCUT2D eigenvalue weighted by molar-refractivity contribution is -0.169. The zero-order valence-corrected chi connectivity index (χ0v) is 12.2. The minimum absolute atomic E-state index is 0.0128. The summed E-state index contributed by atoms with van der Waals surface area (Å²) in [7, 11) is 1.17. The molecule has 1 atom stereocenters. The number of halogens is 1. The molecule has 112 valence electrons. The molecule has 0 amide bonds. The van der Waals surface area contributed by atoms with E-state index in [1.54, 1.807) is 12.1 Å². The normalized spacial score (nSPS) is 12.7. The first kappa shape index (κ1) is 16.7. The van der Waals surface area contributed by atoms with Crippen LogP contribution < -0.4 is 0 Å². The van der Waals surface area contributed by atoms with Crippen LogP contribution in [0, 0.1) is 5.41 Å². The zero-order chi connectivity index (χ0) is 15.9. The highest BCUT2D eigenvalue weighted by atomic mass is 35.5. The fraction of sp³-hybridized carbons (Fsp3) is 0.417. The highest BCUT2D eigenvalue weighted by molar-refractivity contribution is 6.29. The van der Waals surface area contributed by atoms with Crippen LogP contribution in [-0.2, 0) is 25.5 Å². The number of azide groups is 1. The minimum atomic E-state index is -1.57. The lowest BCUT2D eigenvalue weighted by atomic mass is 9.84. The van der Waals surface area contributed by atoms with Crippen molar-refractivity contribution in [1.29, 1.82) is 0 Å². The van der Waals surface area contributed by atoms with Crippen LogP contribution in [0.25, 0.3) is 10.4 Å². The van der Waals surface area contributed by atoms with Crippen LogP contribution in [0.3, 0.4) is 0 Å². The van der Waals surface area contributed by atoms with Gasteiger partial charge in [0.05, 0.1) is 7.11 Å². The van der Waals surface area contributed by atoms with E-state index >= 15 is 0 Å². The molecule has 0 fully saturated rings. The first-order chi connectivity index (χ1) is 9.93. The number of rotatable bonds is 6.